The van der Waals surface area contributed by atoms with Gasteiger partial charge in [0.1, 0.15) is 17.3 Å². The molecule has 0 aliphatic heterocycles. The molecule has 0 bridgehead atoms. The first-order chi connectivity index (χ1) is 7.54. The highest BCUT2D eigenvalue weighted by molar-refractivity contribution is 5.93. The molecule has 0 fully saturated rings. The maximum atomic E-state index is 13.3. The van der Waals surface area contributed by atoms with Gasteiger partial charge in [-0.1, -0.05) is 6.07 Å². The molecular weight excluding hydrogens is 214 g/mol. The highest BCUT2D eigenvalue weighted by Gasteiger charge is 2.09. The quantitative estimate of drug-likeness (QED) is 0.312. The summed E-state index contributed by atoms with van der Waals surface area (Å²) in [6.45, 7) is 3.63. The smallest absolute Gasteiger partial charge is 0.210 e. The van der Waals surface area contributed by atoms with Crippen molar-refractivity contribution < 1.29 is 8.78 Å². The van der Waals surface area contributed by atoms with Crippen LogP contribution in [0.3, 0.4) is 0 Å². The van der Waals surface area contributed by atoms with Gasteiger partial charge in [0.2, 0.25) is 5.96 Å². The maximum Gasteiger partial charge on any atom is 0.210 e. The molecule has 1 rings (SSSR count). The Kier molecular flexibility index (Phi) is 4.19. The standard InChI is InChI=1S/C10H14F2N4/c1-6(2)14-10(16-13)15-9-7(11)4-3-5-8(9)12/h3-6H,13H2,1-2H3,(H2,14,15,16). The summed E-state index contributed by atoms with van der Waals surface area (Å²) in [6.07, 6.45) is 0. The number of nitrogens with one attached hydrogen (secondary N) is 2. The summed E-state index contributed by atoms with van der Waals surface area (Å²) in [4.78, 5) is 4.01. The average Bonchev–Trinajstić information content (AvgIpc) is 2.21. The van der Waals surface area contributed by atoms with E-state index in [1.165, 1.54) is 6.07 Å². The summed E-state index contributed by atoms with van der Waals surface area (Å²) < 4.78 is 26.5. The fraction of sp³-hybridized carbons (Fsp3) is 0.300. The molecule has 0 aliphatic rings. The van der Waals surface area contributed by atoms with Crippen LogP contribution in [0.25, 0.3) is 0 Å². The van der Waals surface area contributed by atoms with Gasteiger partial charge in [-0.25, -0.2) is 19.6 Å². The lowest BCUT2D eigenvalue weighted by molar-refractivity contribution is 0.590. The zero-order chi connectivity index (χ0) is 12.1. The molecule has 4 N–H and O–H groups in total. The zero-order valence-corrected chi connectivity index (χ0v) is 9.09. The van der Waals surface area contributed by atoms with Crippen molar-refractivity contribution in [2.75, 3.05) is 5.32 Å². The molecule has 0 saturated heterocycles. The van der Waals surface area contributed by atoms with Gasteiger partial charge in [-0.2, -0.15) is 0 Å². The minimum atomic E-state index is -0.702. The SMILES string of the molecule is CC(C)N=C(NN)Nc1c(F)cccc1F. The second kappa shape index (κ2) is 5.41. The summed E-state index contributed by atoms with van der Waals surface area (Å²) >= 11 is 0. The van der Waals surface area contributed by atoms with E-state index in [0.717, 1.165) is 12.1 Å². The number of aliphatic imine (C=N–C) groups is 1. The number of hydrogen-bond donors (Lipinski definition) is 3. The molecule has 16 heavy (non-hydrogen) atoms. The Bertz CT molecular complexity index is 370. The molecule has 0 spiro atoms. The number of nitrogens with zero attached hydrogens (tertiary/aromatic N) is 1. The van der Waals surface area contributed by atoms with E-state index < -0.39 is 11.6 Å². The molecule has 0 aromatic heterocycles. The number of hydrazine groups is 1. The van der Waals surface area contributed by atoms with Gasteiger partial charge in [0, 0.05) is 6.04 Å². The predicted octanol–water partition coefficient (Wildman–Crippen LogP) is 1.60. The fourth-order valence-electron chi connectivity index (χ4n) is 1.10. The van der Waals surface area contributed by atoms with Gasteiger partial charge >= 0.3 is 0 Å². The molecule has 6 heteroatoms. The van der Waals surface area contributed by atoms with Crippen molar-refractivity contribution in [2.24, 2.45) is 10.8 Å². The molecule has 88 valence electrons. The number of halogens is 2. The van der Waals surface area contributed by atoms with Crippen LogP contribution in [0.15, 0.2) is 23.2 Å². The van der Waals surface area contributed by atoms with Gasteiger partial charge < -0.3 is 5.32 Å². The Morgan fingerprint density at radius 3 is 2.31 bits per heavy atom. The van der Waals surface area contributed by atoms with Gasteiger partial charge in [-0.15, -0.1) is 0 Å². The van der Waals surface area contributed by atoms with E-state index in [1.54, 1.807) is 0 Å². The first-order valence-electron chi connectivity index (χ1n) is 4.80. The summed E-state index contributed by atoms with van der Waals surface area (Å²) in [5.41, 5.74) is 1.96. The van der Waals surface area contributed by atoms with Gasteiger partial charge in [0.25, 0.3) is 0 Å². The highest BCUT2D eigenvalue weighted by atomic mass is 19.1. The highest BCUT2D eigenvalue weighted by Crippen LogP contribution is 2.17. The normalized spacial score (nSPS) is 11.8. The number of guanidine groups is 1. The molecule has 0 amide bonds. The topological polar surface area (TPSA) is 62.4 Å². The van der Waals surface area contributed by atoms with Gasteiger partial charge in [0.05, 0.1) is 0 Å². The van der Waals surface area contributed by atoms with Crippen molar-refractivity contribution in [1.29, 1.82) is 0 Å². The monoisotopic (exact) mass is 228 g/mol. The molecule has 1 aromatic carbocycles. The van der Waals surface area contributed by atoms with Crippen molar-refractivity contribution in [3.63, 3.8) is 0 Å². The van der Waals surface area contributed by atoms with Gasteiger partial charge in [-0.05, 0) is 26.0 Å². The molecule has 0 atom stereocenters. The first kappa shape index (κ1) is 12.4. The van der Waals surface area contributed by atoms with E-state index >= 15 is 0 Å². The minimum Gasteiger partial charge on any atom is -0.320 e. The van der Waals surface area contributed by atoms with Crippen LogP contribution in [0, 0.1) is 11.6 Å². The third-order valence-corrected chi connectivity index (χ3v) is 1.73. The van der Waals surface area contributed by atoms with Crippen LogP contribution >= 0.6 is 0 Å². The Labute approximate surface area is 92.5 Å². The van der Waals surface area contributed by atoms with Crippen LogP contribution in [-0.4, -0.2) is 12.0 Å². The van der Waals surface area contributed by atoms with E-state index in [9.17, 15) is 8.78 Å². The van der Waals surface area contributed by atoms with Gasteiger partial charge in [-0.3, -0.25) is 5.43 Å². The molecule has 1 aromatic rings. The van der Waals surface area contributed by atoms with E-state index in [1.807, 2.05) is 13.8 Å². The van der Waals surface area contributed by atoms with E-state index in [-0.39, 0.29) is 17.7 Å². The molecule has 0 unspecified atom stereocenters. The van der Waals surface area contributed by atoms with Gasteiger partial charge in [0.15, 0.2) is 0 Å². The Balaban J connectivity index is 2.94. The number of para-hydroxylation sites is 1. The van der Waals surface area contributed by atoms with Crippen LogP contribution < -0.4 is 16.6 Å². The first-order valence-corrected chi connectivity index (χ1v) is 4.80. The van der Waals surface area contributed by atoms with Crippen LogP contribution in [0.5, 0.6) is 0 Å². The van der Waals surface area contributed by atoms with Crippen molar-refractivity contribution in [1.82, 2.24) is 5.43 Å². The maximum absolute atomic E-state index is 13.3. The number of benzene rings is 1. The second-order valence-corrected chi connectivity index (χ2v) is 3.44. The Hall–Kier alpha value is -1.69. The van der Waals surface area contributed by atoms with Crippen molar-refractivity contribution in [3.8, 4) is 0 Å². The molecule has 0 radical (unpaired) electrons. The van der Waals surface area contributed by atoms with Crippen LogP contribution in [0.4, 0.5) is 14.5 Å². The molecule has 4 nitrogen and oxygen atoms in total. The van der Waals surface area contributed by atoms with Crippen molar-refractivity contribution in [2.45, 2.75) is 19.9 Å². The van der Waals surface area contributed by atoms with Crippen LogP contribution in [0.1, 0.15) is 13.8 Å². The summed E-state index contributed by atoms with van der Waals surface area (Å²) in [5, 5.41) is 2.46. The fourth-order valence-corrected chi connectivity index (χ4v) is 1.10. The average molecular weight is 228 g/mol. The lowest BCUT2D eigenvalue weighted by atomic mass is 10.3. The Morgan fingerprint density at radius 1 is 1.31 bits per heavy atom. The van der Waals surface area contributed by atoms with Crippen LogP contribution in [-0.2, 0) is 0 Å². The third-order valence-electron chi connectivity index (χ3n) is 1.73. The number of anilines is 1. The number of hydrogen-bond acceptors (Lipinski definition) is 2. The lowest BCUT2D eigenvalue weighted by Crippen LogP contribution is -2.37. The lowest BCUT2D eigenvalue weighted by Gasteiger charge is -2.11. The van der Waals surface area contributed by atoms with E-state index in [2.05, 4.69) is 15.7 Å². The third kappa shape index (κ3) is 3.16. The second-order valence-electron chi connectivity index (χ2n) is 3.44. The molecule has 0 heterocycles. The summed E-state index contributed by atoms with van der Waals surface area (Å²) in [6, 6.07) is 3.53. The minimum absolute atomic E-state index is 0.0478. The molecular formula is C10H14F2N4. The van der Waals surface area contributed by atoms with Crippen molar-refractivity contribution in [3.05, 3.63) is 29.8 Å². The molecule has 0 aliphatic carbocycles. The van der Waals surface area contributed by atoms with E-state index in [0.29, 0.717) is 0 Å². The van der Waals surface area contributed by atoms with Crippen molar-refractivity contribution >= 4 is 11.6 Å². The van der Waals surface area contributed by atoms with Crippen LogP contribution in [0.2, 0.25) is 0 Å². The largest absolute Gasteiger partial charge is 0.320 e. The number of nitrogens with two attached hydrogens (primary N) is 1. The Morgan fingerprint density at radius 2 is 1.88 bits per heavy atom. The number of rotatable bonds is 2. The van der Waals surface area contributed by atoms with E-state index in [4.69, 9.17) is 5.84 Å². The predicted molar refractivity (Wildman–Crippen MR) is 59.9 cm³/mol. The zero-order valence-electron chi connectivity index (χ0n) is 9.09. The summed E-state index contributed by atoms with van der Waals surface area (Å²) in [7, 11) is 0. The molecule has 0 saturated carbocycles. The summed E-state index contributed by atoms with van der Waals surface area (Å²) in [5.74, 6) is 3.89.